The van der Waals surface area contributed by atoms with Gasteiger partial charge in [0.1, 0.15) is 5.82 Å². The number of hydrogen-bond acceptors (Lipinski definition) is 2. The lowest BCUT2D eigenvalue weighted by atomic mass is 10.1. The third-order valence-electron chi connectivity index (χ3n) is 3.00. The van der Waals surface area contributed by atoms with Gasteiger partial charge in [-0.25, -0.2) is 9.38 Å². The molecule has 21 heavy (non-hydrogen) atoms. The van der Waals surface area contributed by atoms with Crippen molar-refractivity contribution in [3.05, 3.63) is 34.1 Å². The van der Waals surface area contributed by atoms with Crippen molar-refractivity contribution >= 4 is 21.9 Å². The number of guanidine groups is 1. The van der Waals surface area contributed by atoms with Crippen LogP contribution in [0.25, 0.3) is 0 Å². The molecule has 0 saturated heterocycles. The summed E-state index contributed by atoms with van der Waals surface area (Å²) < 4.78 is 19.8. The molecule has 0 saturated carbocycles. The first-order valence-electron chi connectivity index (χ1n) is 6.89. The summed E-state index contributed by atoms with van der Waals surface area (Å²) in [5.41, 5.74) is 0.264. The molecule has 118 valence electrons. The second kappa shape index (κ2) is 8.34. The molecule has 0 amide bonds. The van der Waals surface area contributed by atoms with Crippen LogP contribution >= 0.6 is 15.9 Å². The van der Waals surface area contributed by atoms with Crippen LogP contribution in [-0.2, 0) is 11.3 Å². The first-order chi connectivity index (χ1) is 9.88. The molecule has 1 rings (SSSR count). The number of methoxy groups -OCH3 is 1. The number of nitrogens with zero attached hydrogens (tertiary/aromatic N) is 1. The summed E-state index contributed by atoms with van der Waals surface area (Å²) in [6.45, 7) is 7.58. The van der Waals surface area contributed by atoms with Gasteiger partial charge in [-0.3, -0.25) is 0 Å². The van der Waals surface area contributed by atoms with Crippen molar-refractivity contribution < 1.29 is 9.13 Å². The number of aliphatic imine (C=N–C) groups is 1. The Morgan fingerprint density at radius 2 is 2.10 bits per heavy atom. The molecule has 0 bridgehead atoms. The summed E-state index contributed by atoms with van der Waals surface area (Å²) in [7, 11) is 1.67. The van der Waals surface area contributed by atoms with E-state index in [0.29, 0.717) is 18.1 Å². The van der Waals surface area contributed by atoms with E-state index in [1.165, 1.54) is 6.07 Å². The standard InChI is InChI=1S/C15H23BrFN3O/c1-5-18-14(20-10-15(2,3)21-4)19-9-11-6-7-12(16)8-13(11)17/h6-8H,5,9-10H2,1-4H3,(H2,18,19,20). The highest BCUT2D eigenvalue weighted by Gasteiger charge is 2.16. The third kappa shape index (κ3) is 6.44. The van der Waals surface area contributed by atoms with Crippen LogP contribution in [0.15, 0.2) is 27.7 Å². The average molecular weight is 360 g/mol. The molecule has 0 aliphatic rings. The van der Waals surface area contributed by atoms with Gasteiger partial charge in [0.05, 0.1) is 12.1 Å². The summed E-state index contributed by atoms with van der Waals surface area (Å²) >= 11 is 3.24. The Balaban J connectivity index is 2.71. The Morgan fingerprint density at radius 1 is 1.38 bits per heavy atom. The minimum absolute atomic E-state index is 0.263. The van der Waals surface area contributed by atoms with Crippen molar-refractivity contribution in [1.29, 1.82) is 0 Å². The number of benzene rings is 1. The predicted octanol–water partition coefficient (Wildman–Crippen LogP) is 3.07. The smallest absolute Gasteiger partial charge is 0.191 e. The fourth-order valence-electron chi connectivity index (χ4n) is 1.52. The average Bonchev–Trinajstić information content (AvgIpc) is 2.43. The SMILES string of the molecule is CCNC(=NCc1ccc(Br)cc1F)NCC(C)(C)OC. The van der Waals surface area contributed by atoms with Gasteiger partial charge in [0.2, 0.25) is 0 Å². The summed E-state index contributed by atoms with van der Waals surface area (Å²) in [6, 6.07) is 4.98. The first-order valence-corrected chi connectivity index (χ1v) is 7.68. The van der Waals surface area contributed by atoms with Crippen LogP contribution in [0.4, 0.5) is 4.39 Å². The number of nitrogens with one attached hydrogen (secondary N) is 2. The fraction of sp³-hybridized carbons (Fsp3) is 0.533. The Hall–Kier alpha value is -1.14. The molecule has 0 aliphatic heterocycles. The topological polar surface area (TPSA) is 45.7 Å². The third-order valence-corrected chi connectivity index (χ3v) is 3.49. The second-order valence-electron chi connectivity index (χ2n) is 5.25. The lowest BCUT2D eigenvalue weighted by Gasteiger charge is -2.24. The quantitative estimate of drug-likeness (QED) is 0.606. The zero-order chi connectivity index (χ0) is 15.9. The van der Waals surface area contributed by atoms with Crippen LogP contribution in [0.5, 0.6) is 0 Å². The largest absolute Gasteiger partial charge is 0.377 e. The molecule has 6 heteroatoms. The van der Waals surface area contributed by atoms with E-state index in [-0.39, 0.29) is 18.0 Å². The van der Waals surface area contributed by atoms with Gasteiger partial charge >= 0.3 is 0 Å². The molecule has 0 atom stereocenters. The number of ether oxygens (including phenoxy) is 1. The molecule has 0 unspecified atom stereocenters. The lowest BCUT2D eigenvalue weighted by molar-refractivity contribution is 0.0268. The summed E-state index contributed by atoms with van der Waals surface area (Å²) in [5.74, 6) is 0.381. The van der Waals surface area contributed by atoms with Crippen molar-refractivity contribution in [2.24, 2.45) is 4.99 Å². The molecule has 0 aromatic heterocycles. The monoisotopic (exact) mass is 359 g/mol. The van der Waals surface area contributed by atoms with Gasteiger partial charge in [0.15, 0.2) is 5.96 Å². The highest BCUT2D eigenvalue weighted by Crippen LogP contribution is 2.15. The van der Waals surface area contributed by atoms with Gasteiger partial charge in [-0.15, -0.1) is 0 Å². The van der Waals surface area contributed by atoms with Crippen LogP contribution in [0.3, 0.4) is 0 Å². The number of hydrogen-bond donors (Lipinski definition) is 2. The van der Waals surface area contributed by atoms with Crippen molar-refractivity contribution in [3.63, 3.8) is 0 Å². The Morgan fingerprint density at radius 3 is 2.67 bits per heavy atom. The maximum Gasteiger partial charge on any atom is 0.191 e. The van der Waals surface area contributed by atoms with Gasteiger partial charge in [-0.1, -0.05) is 22.0 Å². The Bertz CT molecular complexity index is 492. The molecular formula is C15H23BrFN3O. The van der Waals surface area contributed by atoms with E-state index in [2.05, 4.69) is 31.6 Å². The van der Waals surface area contributed by atoms with E-state index in [4.69, 9.17) is 4.74 Å². The van der Waals surface area contributed by atoms with Gasteiger partial charge in [-0.05, 0) is 32.9 Å². The normalized spacial score (nSPS) is 12.4. The van der Waals surface area contributed by atoms with Crippen LogP contribution in [0.2, 0.25) is 0 Å². The Kier molecular flexibility index (Phi) is 7.11. The molecule has 0 heterocycles. The molecule has 0 aliphatic carbocycles. The Labute approximate surface area is 134 Å². The fourth-order valence-corrected chi connectivity index (χ4v) is 1.86. The molecule has 1 aromatic rings. The second-order valence-corrected chi connectivity index (χ2v) is 6.16. The van der Waals surface area contributed by atoms with Crippen LogP contribution in [-0.4, -0.2) is 31.8 Å². The minimum Gasteiger partial charge on any atom is -0.377 e. The van der Waals surface area contributed by atoms with E-state index in [1.807, 2.05) is 26.8 Å². The number of rotatable bonds is 6. The maximum atomic E-state index is 13.8. The zero-order valence-corrected chi connectivity index (χ0v) is 14.6. The molecular weight excluding hydrogens is 337 g/mol. The van der Waals surface area contributed by atoms with Crippen molar-refractivity contribution in [2.75, 3.05) is 20.2 Å². The summed E-state index contributed by atoms with van der Waals surface area (Å²) in [6.07, 6.45) is 0. The van der Waals surface area contributed by atoms with Crippen LogP contribution in [0, 0.1) is 5.82 Å². The lowest BCUT2D eigenvalue weighted by Crippen LogP contribution is -2.45. The van der Waals surface area contributed by atoms with Crippen molar-refractivity contribution in [1.82, 2.24) is 10.6 Å². The van der Waals surface area contributed by atoms with E-state index in [0.717, 1.165) is 11.0 Å². The van der Waals surface area contributed by atoms with Crippen LogP contribution < -0.4 is 10.6 Å². The van der Waals surface area contributed by atoms with E-state index < -0.39 is 0 Å². The van der Waals surface area contributed by atoms with Gasteiger partial charge in [-0.2, -0.15) is 0 Å². The molecule has 0 spiro atoms. The summed E-state index contributed by atoms with van der Waals surface area (Å²) in [5, 5.41) is 6.33. The van der Waals surface area contributed by atoms with Gasteiger partial charge in [0, 0.05) is 30.2 Å². The zero-order valence-electron chi connectivity index (χ0n) is 13.0. The molecule has 4 nitrogen and oxygen atoms in total. The minimum atomic E-state index is -0.293. The van der Waals surface area contributed by atoms with E-state index in [9.17, 15) is 4.39 Å². The van der Waals surface area contributed by atoms with Crippen molar-refractivity contribution in [2.45, 2.75) is 32.9 Å². The molecule has 2 N–H and O–H groups in total. The molecule has 0 fully saturated rings. The van der Waals surface area contributed by atoms with Crippen LogP contribution in [0.1, 0.15) is 26.3 Å². The van der Waals surface area contributed by atoms with Gasteiger partial charge in [0.25, 0.3) is 0 Å². The first kappa shape index (κ1) is 17.9. The van der Waals surface area contributed by atoms with E-state index >= 15 is 0 Å². The van der Waals surface area contributed by atoms with Crippen molar-refractivity contribution in [3.8, 4) is 0 Å². The molecule has 1 aromatic carbocycles. The number of halogens is 2. The van der Waals surface area contributed by atoms with Gasteiger partial charge < -0.3 is 15.4 Å². The molecule has 0 radical (unpaired) electrons. The van der Waals surface area contributed by atoms with E-state index in [1.54, 1.807) is 13.2 Å². The predicted molar refractivity (Wildman–Crippen MR) is 88.0 cm³/mol. The summed E-state index contributed by atoms with van der Waals surface area (Å²) in [4.78, 5) is 4.40. The highest BCUT2D eigenvalue weighted by atomic mass is 79.9. The highest BCUT2D eigenvalue weighted by molar-refractivity contribution is 9.10. The maximum absolute atomic E-state index is 13.8.